The average Bonchev–Trinajstić information content (AvgIpc) is 3.87. The van der Waals surface area contributed by atoms with Crippen LogP contribution >= 0.6 is 0 Å². The van der Waals surface area contributed by atoms with E-state index < -0.39 is 5.92 Å². The molecule has 2 unspecified atom stereocenters. The molecule has 2 amide bonds. The number of rotatable bonds is 7. The third-order valence-corrected chi connectivity index (χ3v) is 11.5. The molecule has 2 saturated heterocycles. The Balaban J connectivity index is 0.000000175. The second kappa shape index (κ2) is 16.1. The van der Waals surface area contributed by atoms with Crippen LogP contribution in [0.15, 0.2) is 85.7 Å². The summed E-state index contributed by atoms with van der Waals surface area (Å²) >= 11 is 0. The number of benzene rings is 2. The molecule has 2 aliphatic heterocycles. The number of hydrogen-bond acceptors (Lipinski definition) is 8. The van der Waals surface area contributed by atoms with Gasteiger partial charge in [0.05, 0.1) is 34.5 Å². The van der Waals surface area contributed by atoms with Gasteiger partial charge >= 0.3 is 0 Å². The Morgan fingerprint density at radius 1 is 0.737 bits per heavy atom. The zero-order chi connectivity index (χ0) is 39.1. The van der Waals surface area contributed by atoms with E-state index in [1.165, 1.54) is 11.1 Å². The van der Waals surface area contributed by atoms with E-state index in [0.717, 1.165) is 57.8 Å². The number of hydrogen-bond donors (Lipinski definition) is 1. The second-order valence-corrected chi connectivity index (χ2v) is 15.2. The van der Waals surface area contributed by atoms with E-state index in [1.54, 1.807) is 17.2 Å². The van der Waals surface area contributed by atoms with Crippen molar-refractivity contribution in [1.82, 2.24) is 49.2 Å². The van der Waals surface area contributed by atoms with Crippen LogP contribution in [-0.4, -0.2) is 106 Å². The molecule has 9 rings (SSSR count). The monoisotopic (exact) mass is 776 g/mol. The number of amides is 2. The first kappa shape index (κ1) is 39.6. The highest BCUT2D eigenvalue weighted by atomic mass is 19.3. The summed E-state index contributed by atoms with van der Waals surface area (Å²) in [4.78, 5) is 39.9. The normalized spacial score (nSPS) is 20.0. The van der Waals surface area contributed by atoms with Crippen molar-refractivity contribution in [3.63, 3.8) is 0 Å². The Bertz CT molecular complexity index is 2400. The molecule has 57 heavy (non-hydrogen) atoms. The molecule has 6 aromatic rings. The summed E-state index contributed by atoms with van der Waals surface area (Å²) in [6, 6.07) is 19.7. The van der Waals surface area contributed by atoms with Crippen LogP contribution in [0.4, 0.5) is 8.78 Å². The Labute approximate surface area is 331 Å². The fourth-order valence-corrected chi connectivity index (χ4v) is 8.14. The number of piperazine rings is 2. The van der Waals surface area contributed by atoms with Crippen molar-refractivity contribution >= 4 is 22.8 Å². The second-order valence-electron chi connectivity index (χ2n) is 15.2. The van der Waals surface area contributed by atoms with Crippen LogP contribution in [0.2, 0.25) is 0 Å². The number of aromatic nitrogens is 6. The first-order valence-corrected chi connectivity index (χ1v) is 19.2. The van der Waals surface area contributed by atoms with Crippen LogP contribution < -0.4 is 5.32 Å². The van der Waals surface area contributed by atoms with E-state index in [9.17, 15) is 18.4 Å². The molecule has 2 atom stereocenters. The predicted molar refractivity (Wildman–Crippen MR) is 215 cm³/mol. The topological polar surface area (TPSA) is 116 Å². The molecule has 1 N–H and O–H groups in total. The molecule has 14 heteroatoms. The third kappa shape index (κ3) is 8.01. The highest BCUT2D eigenvalue weighted by Crippen LogP contribution is 2.42. The lowest BCUT2D eigenvalue weighted by atomic mass is 9.85. The molecular weight excluding hydrogens is 727 g/mol. The molecule has 0 radical (unpaired) electrons. The summed E-state index contributed by atoms with van der Waals surface area (Å²) in [5.41, 5.74) is 10.3. The maximum atomic E-state index is 13.3. The lowest BCUT2D eigenvalue weighted by Crippen LogP contribution is -2.62. The van der Waals surface area contributed by atoms with Crippen LogP contribution in [-0.2, 0) is 22.7 Å². The number of carbonyl (C=O) groups is 2. The number of nitrogens with zero attached hydrogens (tertiary/aromatic N) is 9. The van der Waals surface area contributed by atoms with E-state index in [0.29, 0.717) is 26.2 Å². The fourth-order valence-electron chi connectivity index (χ4n) is 8.14. The van der Waals surface area contributed by atoms with Crippen LogP contribution in [0.5, 0.6) is 0 Å². The lowest BCUT2D eigenvalue weighted by Gasteiger charge is -2.48. The molecular formula is C43H50F2N10O2. The van der Waals surface area contributed by atoms with Gasteiger partial charge in [-0.2, -0.15) is 10.2 Å². The van der Waals surface area contributed by atoms with Crippen molar-refractivity contribution in [3.8, 4) is 22.5 Å². The third-order valence-electron chi connectivity index (χ3n) is 11.5. The number of alkyl halides is 2. The van der Waals surface area contributed by atoms with Gasteiger partial charge in [-0.1, -0.05) is 31.7 Å². The van der Waals surface area contributed by atoms with Crippen LogP contribution in [0, 0.1) is 13.8 Å². The quantitative estimate of drug-likeness (QED) is 0.204. The van der Waals surface area contributed by atoms with Gasteiger partial charge in [0.1, 0.15) is 12.7 Å². The molecule has 298 valence electrons. The first-order valence-electron chi connectivity index (χ1n) is 19.2. The number of halogens is 2. The van der Waals surface area contributed by atoms with Crippen molar-refractivity contribution in [3.05, 3.63) is 108 Å². The summed E-state index contributed by atoms with van der Waals surface area (Å²) in [5, 5.41) is 11.6. The maximum Gasteiger partial charge on any atom is 0.251 e. The molecule has 3 fully saturated rings. The van der Waals surface area contributed by atoms with Crippen LogP contribution in [0.1, 0.15) is 56.4 Å². The molecule has 0 bridgehead atoms. The number of nitrogens with one attached hydrogen (secondary N) is 1. The standard InChI is InChI=1S/C23H25F2N5O.C19H21N5O.CH4/c1-15-10-17(21-20-4-3-7-30(20)27-14-26-21)5-6-18(15)13-28-8-9-29(16(2)22(28)31)19-11-23(24,25)12-19;1-13-10-15(18-17-4-3-8-24(17)22-12-21-18)5-6-16(13)11-23-9-7-20-14(2)19(23)25;/h3-7,10,14,16,19H,8-9,11-13H2,1-2H3;3-6,8,10,12,14,20H,7,9,11H2,1-2H3;1H4. The Kier molecular flexibility index (Phi) is 11.2. The first-order chi connectivity index (χ1) is 27.0. The van der Waals surface area contributed by atoms with Crippen LogP contribution in [0.3, 0.4) is 0 Å². The summed E-state index contributed by atoms with van der Waals surface area (Å²) in [5.74, 6) is -2.39. The minimum absolute atomic E-state index is 0. The highest BCUT2D eigenvalue weighted by Gasteiger charge is 2.50. The Morgan fingerprint density at radius 2 is 1.26 bits per heavy atom. The van der Waals surface area contributed by atoms with E-state index in [2.05, 4.69) is 56.7 Å². The number of aryl methyl sites for hydroxylation is 2. The van der Waals surface area contributed by atoms with E-state index in [4.69, 9.17) is 0 Å². The zero-order valence-corrected chi connectivity index (χ0v) is 32.1. The van der Waals surface area contributed by atoms with E-state index in [-0.39, 0.29) is 50.2 Å². The fraction of sp³-hybridized carbons (Fsp3) is 0.395. The van der Waals surface area contributed by atoms with Crippen molar-refractivity contribution < 1.29 is 18.4 Å². The van der Waals surface area contributed by atoms with Crippen molar-refractivity contribution in [2.45, 2.75) is 85.1 Å². The molecule has 1 aliphatic carbocycles. The maximum absolute atomic E-state index is 13.3. The molecule has 1 saturated carbocycles. The van der Waals surface area contributed by atoms with Crippen molar-refractivity contribution in [2.24, 2.45) is 0 Å². The molecule has 6 heterocycles. The van der Waals surface area contributed by atoms with Gasteiger partial charge < -0.3 is 15.1 Å². The minimum atomic E-state index is -2.57. The summed E-state index contributed by atoms with van der Waals surface area (Å²) in [7, 11) is 0. The van der Waals surface area contributed by atoms with Gasteiger partial charge in [-0.05, 0) is 86.3 Å². The van der Waals surface area contributed by atoms with Crippen molar-refractivity contribution in [1.29, 1.82) is 0 Å². The highest BCUT2D eigenvalue weighted by molar-refractivity contribution is 5.83. The van der Waals surface area contributed by atoms with Gasteiger partial charge in [0.15, 0.2) is 0 Å². The summed E-state index contributed by atoms with van der Waals surface area (Å²) in [6.07, 6.45) is 6.65. The Hall–Kier alpha value is -5.60. The zero-order valence-electron chi connectivity index (χ0n) is 32.1. The van der Waals surface area contributed by atoms with Crippen LogP contribution in [0.25, 0.3) is 33.5 Å². The molecule has 4 aromatic heterocycles. The van der Waals surface area contributed by atoms with Gasteiger partial charge in [-0.3, -0.25) is 14.5 Å². The Morgan fingerprint density at radius 3 is 1.77 bits per heavy atom. The van der Waals surface area contributed by atoms with Gasteiger partial charge in [0.2, 0.25) is 11.8 Å². The van der Waals surface area contributed by atoms with E-state index in [1.807, 2.05) is 88.8 Å². The molecule has 12 nitrogen and oxygen atoms in total. The summed E-state index contributed by atoms with van der Waals surface area (Å²) in [6.45, 7) is 11.8. The SMILES string of the molecule is C.Cc1cc(-c2ncnn3cccc23)ccc1CN1CCN(C2CC(F)(F)C2)C(C)C1=O.Cc1cc(-c2ncnn3cccc23)ccc1CN1CCNC(C)C1=O. The van der Waals surface area contributed by atoms with E-state index >= 15 is 0 Å². The molecule has 2 aromatic carbocycles. The van der Waals surface area contributed by atoms with Crippen molar-refractivity contribution in [2.75, 3.05) is 26.2 Å². The van der Waals surface area contributed by atoms with Gasteiger partial charge in [0.25, 0.3) is 5.92 Å². The average molecular weight is 777 g/mol. The largest absolute Gasteiger partial charge is 0.336 e. The smallest absolute Gasteiger partial charge is 0.251 e. The number of carbonyl (C=O) groups excluding carboxylic acids is 2. The lowest BCUT2D eigenvalue weighted by molar-refractivity contribution is -0.160. The van der Waals surface area contributed by atoms with Gasteiger partial charge in [-0.15, -0.1) is 0 Å². The van der Waals surface area contributed by atoms with Gasteiger partial charge in [0, 0.05) is 81.7 Å². The van der Waals surface area contributed by atoms with Gasteiger partial charge in [-0.25, -0.2) is 27.8 Å². The predicted octanol–water partition coefficient (Wildman–Crippen LogP) is 6.20. The molecule has 3 aliphatic rings. The minimum Gasteiger partial charge on any atom is -0.336 e. The molecule has 0 spiro atoms. The number of fused-ring (bicyclic) bond motifs is 2. The summed E-state index contributed by atoms with van der Waals surface area (Å²) < 4.78 is 30.2.